The largest absolute Gasteiger partial charge is 0.416 e. The van der Waals surface area contributed by atoms with Gasteiger partial charge in [0.15, 0.2) is 6.23 Å². The molecule has 1 aromatic heterocycles. The maximum absolute atomic E-state index is 10.4. The van der Waals surface area contributed by atoms with Gasteiger partial charge in [-0.3, -0.25) is 4.98 Å². The van der Waals surface area contributed by atoms with Crippen LogP contribution in [0.15, 0.2) is 15.5 Å². The summed E-state index contributed by atoms with van der Waals surface area (Å²) in [7, 11) is 1.25. The van der Waals surface area contributed by atoms with E-state index in [2.05, 4.69) is 9.40 Å². The maximum Gasteiger partial charge on any atom is 0.416 e. The normalized spacial score (nSPS) is 13.8. The number of H-pyrrole nitrogens is 1. The Bertz CT molecular complexity index is 276. The molecule has 0 radical (unpaired) electrons. The summed E-state index contributed by atoms with van der Waals surface area (Å²) in [5.74, 6) is -0.666. The van der Waals surface area contributed by atoms with Crippen molar-refractivity contribution in [1.82, 2.24) is 10.0 Å². The van der Waals surface area contributed by atoms with Crippen LogP contribution in [-0.2, 0) is 0 Å². The van der Waals surface area contributed by atoms with E-state index >= 15 is 0 Å². The summed E-state index contributed by atoms with van der Waals surface area (Å²) in [6.45, 7) is 0. The topological polar surface area (TPSA) is 89.7 Å². The molecule has 0 aliphatic rings. The van der Waals surface area contributed by atoms with E-state index in [1.54, 1.807) is 0 Å². The number of rotatable bonds is 2. The second-order valence-corrected chi connectivity index (χ2v) is 2.05. The lowest BCUT2D eigenvalue weighted by atomic mass is 10.4. The summed E-state index contributed by atoms with van der Waals surface area (Å²) in [6.07, 6.45) is -0.221. The minimum absolute atomic E-state index is 0.111. The van der Waals surface area contributed by atoms with Crippen molar-refractivity contribution in [3.05, 3.63) is 22.5 Å². The van der Waals surface area contributed by atoms with E-state index in [1.165, 1.54) is 7.05 Å². The van der Waals surface area contributed by atoms with Gasteiger partial charge in [0.2, 0.25) is 0 Å². The van der Waals surface area contributed by atoms with Crippen LogP contribution in [-0.4, -0.2) is 27.4 Å². The Morgan fingerprint density at radius 1 is 1.82 bits per heavy atom. The molecule has 0 aliphatic carbocycles. The zero-order valence-corrected chi connectivity index (χ0v) is 5.81. The van der Waals surface area contributed by atoms with Crippen molar-refractivity contribution in [3.63, 3.8) is 0 Å². The monoisotopic (exact) mass is 160 g/mol. The van der Waals surface area contributed by atoms with Gasteiger partial charge in [0.05, 0.1) is 0 Å². The predicted molar refractivity (Wildman–Crippen MR) is 33.8 cm³/mol. The van der Waals surface area contributed by atoms with E-state index in [0.29, 0.717) is 5.06 Å². The first kappa shape index (κ1) is 7.99. The average Bonchev–Trinajstić information content (AvgIpc) is 2.34. The number of oxazole rings is 1. The lowest BCUT2D eigenvalue weighted by molar-refractivity contribution is -0.182. The number of hydroxylamine groups is 2. The fraction of sp³-hybridized carbons (Fsp3) is 0.400. The van der Waals surface area contributed by atoms with Crippen LogP contribution in [0.4, 0.5) is 0 Å². The summed E-state index contributed by atoms with van der Waals surface area (Å²) >= 11 is 0. The van der Waals surface area contributed by atoms with E-state index in [-0.39, 0.29) is 5.69 Å². The summed E-state index contributed by atoms with van der Waals surface area (Å²) in [6, 6.07) is 0. The smallest absolute Gasteiger partial charge is 0.416 e. The van der Waals surface area contributed by atoms with Crippen molar-refractivity contribution >= 4 is 0 Å². The van der Waals surface area contributed by atoms with Crippen molar-refractivity contribution in [1.29, 1.82) is 0 Å². The lowest BCUT2D eigenvalue weighted by Gasteiger charge is -2.13. The predicted octanol–water partition coefficient (Wildman–Crippen LogP) is -0.720. The first-order chi connectivity index (χ1) is 5.11. The van der Waals surface area contributed by atoms with Crippen molar-refractivity contribution in [3.8, 4) is 0 Å². The number of hydrogen-bond donors (Lipinski definition) is 3. The Labute approximate surface area is 61.6 Å². The first-order valence-corrected chi connectivity index (χ1v) is 2.88. The van der Waals surface area contributed by atoms with Gasteiger partial charge in [0.25, 0.3) is 0 Å². The van der Waals surface area contributed by atoms with Crippen LogP contribution in [0, 0.1) is 0 Å². The van der Waals surface area contributed by atoms with E-state index in [4.69, 9.17) is 10.3 Å². The number of nitrogens with zero attached hydrogens (tertiary/aromatic N) is 1. The fourth-order valence-electron chi connectivity index (χ4n) is 0.620. The first-order valence-electron chi connectivity index (χ1n) is 2.88. The molecule has 1 heterocycles. The Kier molecular flexibility index (Phi) is 2.08. The number of aromatic amines is 1. The highest BCUT2D eigenvalue weighted by molar-refractivity contribution is 4.93. The van der Waals surface area contributed by atoms with E-state index in [0.717, 1.165) is 6.26 Å². The number of aliphatic hydroxyl groups excluding tert-OH is 1. The fourth-order valence-corrected chi connectivity index (χ4v) is 0.620. The Morgan fingerprint density at radius 3 is 2.82 bits per heavy atom. The third-order valence-corrected chi connectivity index (χ3v) is 1.17. The van der Waals surface area contributed by atoms with Crippen molar-refractivity contribution in [2.24, 2.45) is 0 Å². The molecule has 0 aromatic carbocycles. The van der Waals surface area contributed by atoms with Crippen molar-refractivity contribution < 1.29 is 14.7 Å². The molecule has 6 nitrogen and oxygen atoms in total. The Balaban J connectivity index is 2.84. The molecule has 1 aromatic rings. The molecule has 0 aliphatic heterocycles. The minimum atomic E-state index is -1.26. The van der Waals surface area contributed by atoms with Gasteiger partial charge in [-0.2, -0.15) is 5.06 Å². The van der Waals surface area contributed by atoms with Crippen LogP contribution in [0.5, 0.6) is 0 Å². The summed E-state index contributed by atoms with van der Waals surface area (Å²) in [5, 5.41) is 18.3. The molecule has 0 amide bonds. The van der Waals surface area contributed by atoms with Crippen LogP contribution >= 0.6 is 0 Å². The van der Waals surface area contributed by atoms with Crippen molar-refractivity contribution in [2.75, 3.05) is 7.05 Å². The van der Waals surface area contributed by atoms with Crippen LogP contribution < -0.4 is 5.76 Å². The quantitative estimate of drug-likeness (QED) is 0.392. The summed E-state index contributed by atoms with van der Waals surface area (Å²) in [4.78, 5) is 12.6. The highest BCUT2D eigenvalue weighted by Crippen LogP contribution is 2.08. The third kappa shape index (κ3) is 1.67. The van der Waals surface area contributed by atoms with Gasteiger partial charge in [-0.25, -0.2) is 4.79 Å². The second-order valence-electron chi connectivity index (χ2n) is 2.05. The molecule has 62 valence electrons. The number of nitrogens with one attached hydrogen (secondary N) is 1. The van der Waals surface area contributed by atoms with Crippen LogP contribution in [0.25, 0.3) is 0 Å². The number of hydrogen-bond acceptors (Lipinski definition) is 5. The minimum Gasteiger partial charge on any atom is -0.416 e. The molecule has 0 saturated heterocycles. The molecule has 1 unspecified atom stereocenters. The third-order valence-electron chi connectivity index (χ3n) is 1.17. The molecule has 0 spiro atoms. The van der Waals surface area contributed by atoms with Gasteiger partial charge in [-0.05, 0) is 0 Å². The van der Waals surface area contributed by atoms with E-state index in [1.807, 2.05) is 0 Å². The number of aromatic nitrogens is 1. The van der Waals surface area contributed by atoms with Gasteiger partial charge in [0, 0.05) is 7.05 Å². The van der Waals surface area contributed by atoms with Gasteiger partial charge < -0.3 is 14.7 Å². The highest BCUT2D eigenvalue weighted by atomic mass is 16.5. The molecule has 0 saturated carbocycles. The SMILES string of the molecule is CN(O)C(O)c1coc(=O)[nH]1. The molecule has 1 rings (SSSR count). The Hall–Kier alpha value is -1.11. The zero-order chi connectivity index (χ0) is 8.43. The summed E-state index contributed by atoms with van der Waals surface area (Å²) in [5.41, 5.74) is 0.111. The van der Waals surface area contributed by atoms with Crippen LogP contribution in [0.2, 0.25) is 0 Å². The van der Waals surface area contributed by atoms with Crippen molar-refractivity contribution in [2.45, 2.75) is 6.23 Å². The van der Waals surface area contributed by atoms with Gasteiger partial charge in [0.1, 0.15) is 12.0 Å². The lowest BCUT2D eigenvalue weighted by Crippen LogP contribution is -2.20. The molecule has 6 heteroatoms. The van der Waals surface area contributed by atoms with E-state index in [9.17, 15) is 4.79 Å². The molecule has 0 bridgehead atoms. The summed E-state index contributed by atoms with van der Waals surface area (Å²) < 4.78 is 4.33. The van der Waals surface area contributed by atoms with Crippen LogP contribution in [0.1, 0.15) is 11.9 Å². The molecule has 11 heavy (non-hydrogen) atoms. The van der Waals surface area contributed by atoms with Crippen LogP contribution in [0.3, 0.4) is 0 Å². The Morgan fingerprint density at radius 2 is 2.45 bits per heavy atom. The van der Waals surface area contributed by atoms with Gasteiger partial charge >= 0.3 is 5.76 Å². The standard InChI is InChI=1S/C5H8N2O4/c1-7(10)4(8)3-2-11-5(9)6-3/h2,4,8,10H,1H3,(H,6,9). The molecular formula is C5H8N2O4. The highest BCUT2D eigenvalue weighted by Gasteiger charge is 2.13. The van der Waals surface area contributed by atoms with E-state index < -0.39 is 12.0 Å². The zero-order valence-electron chi connectivity index (χ0n) is 5.81. The second kappa shape index (κ2) is 2.87. The molecule has 3 N–H and O–H groups in total. The number of aliphatic hydroxyl groups is 1. The van der Waals surface area contributed by atoms with Gasteiger partial charge in [-0.15, -0.1) is 0 Å². The molecular weight excluding hydrogens is 152 g/mol. The average molecular weight is 160 g/mol. The maximum atomic E-state index is 10.4. The molecule has 1 atom stereocenters. The van der Waals surface area contributed by atoms with Gasteiger partial charge in [-0.1, -0.05) is 0 Å². The molecule has 0 fully saturated rings.